The van der Waals surface area contributed by atoms with Crippen molar-refractivity contribution in [2.45, 2.75) is 64.1 Å². The van der Waals surface area contributed by atoms with Gasteiger partial charge in [0.05, 0.1) is 5.39 Å². The highest BCUT2D eigenvalue weighted by Gasteiger charge is 2.42. The van der Waals surface area contributed by atoms with Crippen LogP contribution < -0.4 is 26.4 Å². The fourth-order valence-electron chi connectivity index (χ4n) is 8.07. The number of nitrogens with zero attached hydrogens (tertiary/aromatic N) is 2. The highest BCUT2D eigenvalue weighted by molar-refractivity contribution is 5.92. The zero-order valence-electron chi connectivity index (χ0n) is 30.6. The summed E-state index contributed by atoms with van der Waals surface area (Å²) >= 11 is 0. The number of carbonyl (C=O) groups excluding carboxylic acids is 1. The Morgan fingerprint density at radius 1 is 0.774 bits per heavy atom. The quantitative estimate of drug-likeness (QED) is 0.0896. The molecule has 1 aromatic heterocycles. The number of ether oxygens (including phenoxy) is 1. The summed E-state index contributed by atoms with van der Waals surface area (Å²) in [6, 6.07) is 48.2. The second-order valence-electron chi connectivity index (χ2n) is 15.0. The van der Waals surface area contributed by atoms with Crippen molar-refractivity contribution >= 4 is 52.0 Å². The maximum Gasteiger partial charge on any atom is 0.373 e. The van der Waals surface area contributed by atoms with Gasteiger partial charge in [0, 0.05) is 35.5 Å². The van der Waals surface area contributed by atoms with Gasteiger partial charge in [-0.2, -0.15) is 4.57 Å². The predicted octanol–water partition coefficient (Wildman–Crippen LogP) is 8.02. The van der Waals surface area contributed by atoms with E-state index in [1.165, 1.54) is 64.0 Å². The van der Waals surface area contributed by atoms with E-state index in [-0.39, 0.29) is 29.5 Å². The number of benzene rings is 5. The number of hydrogen-bond donors (Lipinski definition) is 0. The Kier molecular flexibility index (Phi) is 10.5. The Morgan fingerprint density at radius 3 is 2.13 bits per heavy atom. The van der Waals surface area contributed by atoms with Gasteiger partial charge >= 0.3 is 5.97 Å². The van der Waals surface area contributed by atoms with E-state index < -0.39 is 5.60 Å². The van der Waals surface area contributed by atoms with Gasteiger partial charge in [-0.25, -0.2) is 4.79 Å². The lowest BCUT2D eigenvalue weighted by Gasteiger charge is -2.27. The molecular weight excluding hydrogens is 716 g/mol. The minimum atomic E-state index is -0.514. The molecule has 0 N–H and O–H groups in total. The Morgan fingerprint density at radius 2 is 1.43 bits per heavy atom. The van der Waals surface area contributed by atoms with Crippen LogP contribution in [0.15, 0.2) is 140 Å². The van der Waals surface area contributed by atoms with Gasteiger partial charge < -0.3 is 26.6 Å². The van der Waals surface area contributed by atoms with Crippen LogP contribution in [0.1, 0.15) is 79.3 Å². The Hall–Kier alpha value is -5.26. The van der Waals surface area contributed by atoms with Gasteiger partial charge in [0.1, 0.15) is 5.60 Å². The smallest absolute Gasteiger partial charge is 0.373 e. The third-order valence-corrected chi connectivity index (χ3v) is 10.3. The maximum atomic E-state index is 12.6. The molecule has 1 fully saturated rings. The average molecular weight is 762 g/mol. The molecule has 0 spiro atoms. The zero-order chi connectivity index (χ0) is 35.7. The van der Waals surface area contributed by atoms with E-state index in [1.807, 2.05) is 37.6 Å². The number of anilines is 2. The fraction of sp³-hybridized carbons (Fsp3) is 0.208. The predicted molar refractivity (Wildman–Crippen MR) is 214 cm³/mol. The number of hydrogen-bond acceptors (Lipinski definition) is 3. The van der Waals surface area contributed by atoms with E-state index in [9.17, 15) is 4.79 Å². The number of aromatic nitrogens is 1. The number of rotatable bonds is 8. The topological polar surface area (TPSA) is 33.4 Å². The van der Waals surface area contributed by atoms with E-state index in [2.05, 4.69) is 151 Å². The first-order valence-electron chi connectivity index (χ1n) is 18.5. The number of pyridine rings is 1. The number of halogens is 1. The summed E-state index contributed by atoms with van der Waals surface area (Å²) in [5.74, 6) is 0.298. The number of carbonyl (C=O) groups is 1. The van der Waals surface area contributed by atoms with Crippen LogP contribution in [0.25, 0.3) is 34.7 Å². The summed E-state index contributed by atoms with van der Waals surface area (Å²) in [6.45, 7) is 5.87. The van der Waals surface area contributed by atoms with Crippen molar-refractivity contribution in [3.05, 3.63) is 173 Å². The third kappa shape index (κ3) is 7.77. The minimum absolute atomic E-state index is 0. The molecule has 0 saturated heterocycles. The lowest BCUT2D eigenvalue weighted by Crippen LogP contribution is -3.00. The molecule has 1 saturated carbocycles. The van der Waals surface area contributed by atoms with Crippen LogP contribution in [0.5, 0.6) is 0 Å². The molecule has 2 heterocycles. The molecule has 2 unspecified atom stereocenters. The molecule has 5 heteroatoms. The average Bonchev–Trinajstić information content (AvgIpc) is 3.75. The number of esters is 1. The molecule has 53 heavy (non-hydrogen) atoms. The van der Waals surface area contributed by atoms with Gasteiger partial charge in [0.25, 0.3) is 0 Å². The molecule has 2 atom stereocenters. The summed E-state index contributed by atoms with van der Waals surface area (Å²) in [5, 5.41) is 1.10. The lowest BCUT2D eigenvalue weighted by molar-refractivity contribution is -0.660. The monoisotopic (exact) mass is 760 g/mol. The van der Waals surface area contributed by atoms with Gasteiger partial charge in [-0.1, -0.05) is 110 Å². The van der Waals surface area contributed by atoms with Gasteiger partial charge in [-0.3, -0.25) is 0 Å². The Bertz CT molecular complexity index is 2250. The third-order valence-electron chi connectivity index (χ3n) is 10.3. The number of fused-ring (bicyclic) bond motifs is 4. The second-order valence-corrected chi connectivity index (χ2v) is 15.0. The molecule has 5 aromatic carbocycles. The molecule has 266 valence electrons. The highest BCUT2D eigenvalue weighted by atomic mass is 79.9. The van der Waals surface area contributed by atoms with E-state index in [1.54, 1.807) is 0 Å². The van der Waals surface area contributed by atoms with Crippen LogP contribution in [0.2, 0.25) is 0 Å². The van der Waals surface area contributed by atoms with E-state index in [4.69, 9.17) is 4.74 Å². The standard InChI is InChI=1S/C48H45N2O2.BrH/c1-48(2,3)52-47(51)33-49-30-29-38(40-17-10-11-19-44(40)49)25-21-34-24-28-46-43(32-34)41-18-12-20-45(41)50(46)39-26-22-35(23-27-39)31-42(36-13-6-4-7-14-36)37-15-8-5-9-16-37;/h4-11,13-17,19,21-32,41,45H,12,18,20,33H2,1-3H3;1H/q+1;/p-1. The first-order chi connectivity index (χ1) is 25.3. The summed E-state index contributed by atoms with van der Waals surface area (Å²) in [7, 11) is 0. The fourth-order valence-corrected chi connectivity index (χ4v) is 8.07. The van der Waals surface area contributed by atoms with Crippen molar-refractivity contribution in [2.24, 2.45) is 0 Å². The van der Waals surface area contributed by atoms with Crippen LogP contribution in [0.4, 0.5) is 11.4 Å². The van der Waals surface area contributed by atoms with Crippen molar-refractivity contribution in [3.63, 3.8) is 0 Å². The molecule has 8 rings (SSSR count). The zero-order valence-corrected chi connectivity index (χ0v) is 32.2. The van der Waals surface area contributed by atoms with Crippen LogP contribution in [0.3, 0.4) is 0 Å². The Balaban J connectivity index is 0.00000435. The molecule has 4 nitrogen and oxygen atoms in total. The lowest BCUT2D eigenvalue weighted by atomic mass is 9.95. The van der Waals surface area contributed by atoms with Crippen LogP contribution >= 0.6 is 0 Å². The molecular formula is C48H45BrN2O2. The van der Waals surface area contributed by atoms with Crippen LogP contribution in [0, 0.1) is 0 Å². The SMILES string of the molecule is CC(C)(C)OC(=O)C[n+]1ccc(/C=C/c2ccc3c(c2)C2CCCC2N3c2ccc(C=C(c3ccccc3)c3ccccc3)cc2)c2ccccc21.[Br-]. The van der Waals surface area contributed by atoms with Crippen molar-refractivity contribution in [3.8, 4) is 0 Å². The van der Waals surface area contributed by atoms with E-state index >= 15 is 0 Å². The van der Waals surface area contributed by atoms with Gasteiger partial charge in [0.15, 0.2) is 6.20 Å². The molecule has 0 bridgehead atoms. The maximum absolute atomic E-state index is 12.6. The van der Waals surface area contributed by atoms with Crippen molar-refractivity contribution in [1.29, 1.82) is 0 Å². The molecule has 0 amide bonds. The minimum Gasteiger partial charge on any atom is -1.00 e. The summed E-state index contributed by atoms with van der Waals surface area (Å²) < 4.78 is 7.57. The molecule has 1 aliphatic carbocycles. The van der Waals surface area contributed by atoms with Crippen molar-refractivity contribution in [2.75, 3.05) is 4.90 Å². The van der Waals surface area contributed by atoms with Gasteiger partial charge in [-0.05, 0) is 109 Å². The molecule has 2 aliphatic rings. The highest BCUT2D eigenvalue weighted by Crippen LogP contribution is 2.52. The van der Waals surface area contributed by atoms with Gasteiger partial charge in [-0.15, -0.1) is 0 Å². The summed E-state index contributed by atoms with van der Waals surface area (Å²) in [5.41, 5.74) is 11.7. The summed E-state index contributed by atoms with van der Waals surface area (Å²) in [4.78, 5) is 15.2. The molecule has 1 aliphatic heterocycles. The second kappa shape index (κ2) is 15.4. The normalized spacial score (nSPS) is 16.2. The van der Waals surface area contributed by atoms with E-state index in [0.29, 0.717) is 12.0 Å². The summed E-state index contributed by atoms with van der Waals surface area (Å²) in [6.07, 6.45) is 12.4. The first kappa shape index (κ1) is 36.1. The molecule has 6 aromatic rings. The first-order valence-corrected chi connectivity index (χ1v) is 18.5. The largest absolute Gasteiger partial charge is 1.00 e. The van der Waals surface area contributed by atoms with Crippen LogP contribution in [-0.2, 0) is 16.1 Å². The van der Waals surface area contributed by atoms with Gasteiger partial charge in [0.2, 0.25) is 12.1 Å². The van der Waals surface area contributed by atoms with Crippen LogP contribution in [-0.4, -0.2) is 17.6 Å². The van der Waals surface area contributed by atoms with E-state index in [0.717, 1.165) is 16.5 Å². The number of para-hydroxylation sites is 1. The molecule has 0 radical (unpaired) electrons. The van der Waals surface area contributed by atoms with Crippen molar-refractivity contribution < 1.29 is 31.1 Å². The van der Waals surface area contributed by atoms with Crippen molar-refractivity contribution in [1.82, 2.24) is 0 Å². The Labute approximate surface area is 323 Å².